The fourth-order valence-corrected chi connectivity index (χ4v) is 3.17. The summed E-state index contributed by atoms with van der Waals surface area (Å²) in [6.07, 6.45) is 2.84. The van der Waals surface area contributed by atoms with Crippen LogP contribution in [0.3, 0.4) is 0 Å². The highest BCUT2D eigenvalue weighted by atomic mass is 16.5. The molecule has 1 N–H and O–H groups in total. The minimum Gasteiger partial charge on any atom is -0.481 e. The molecule has 1 saturated carbocycles. The number of carboxylic acid groups (broad SMARTS) is 1. The molecule has 0 aromatic carbocycles. The predicted octanol–water partition coefficient (Wildman–Crippen LogP) is 2.73. The maximum atomic E-state index is 12.0. The molecule has 0 aromatic heterocycles. The monoisotopic (exact) mass is 268 g/mol. The summed E-state index contributed by atoms with van der Waals surface area (Å²) in [5.41, 5.74) is 1.10. The average Bonchev–Trinajstić information content (AvgIpc) is 2.31. The van der Waals surface area contributed by atoms with Crippen LogP contribution < -0.4 is 0 Å². The molecule has 1 fully saturated rings. The van der Waals surface area contributed by atoms with Crippen LogP contribution in [0, 0.1) is 29.6 Å². The summed E-state index contributed by atoms with van der Waals surface area (Å²) in [6.45, 7) is 7.90. The lowest BCUT2D eigenvalue weighted by atomic mass is 9.62. The standard InChI is InChI=1S/C15H24O4/c1-8(2)6-11-7-9(3)10(4)12(14(16)17)13(11)15(18)19-5/h6,9-13H,7H2,1-5H3,(H,16,17). The Morgan fingerprint density at radius 3 is 2.21 bits per heavy atom. The number of carboxylic acids is 1. The Morgan fingerprint density at radius 1 is 1.21 bits per heavy atom. The summed E-state index contributed by atoms with van der Waals surface area (Å²) in [4.78, 5) is 23.6. The van der Waals surface area contributed by atoms with E-state index in [9.17, 15) is 14.7 Å². The van der Waals surface area contributed by atoms with Gasteiger partial charge in [0.05, 0.1) is 18.9 Å². The van der Waals surface area contributed by atoms with Crippen molar-refractivity contribution in [3.8, 4) is 0 Å². The van der Waals surface area contributed by atoms with Crippen LogP contribution in [0.15, 0.2) is 11.6 Å². The Kier molecular flexibility index (Phi) is 5.15. The Morgan fingerprint density at radius 2 is 1.79 bits per heavy atom. The van der Waals surface area contributed by atoms with Gasteiger partial charge in [0, 0.05) is 0 Å². The smallest absolute Gasteiger partial charge is 0.310 e. The van der Waals surface area contributed by atoms with Gasteiger partial charge in [-0.25, -0.2) is 0 Å². The van der Waals surface area contributed by atoms with Gasteiger partial charge in [0.2, 0.25) is 0 Å². The van der Waals surface area contributed by atoms with Crippen molar-refractivity contribution in [2.75, 3.05) is 7.11 Å². The maximum Gasteiger partial charge on any atom is 0.310 e. The molecule has 0 spiro atoms. The van der Waals surface area contributed by atoms with Crippen LogP contribution in [0.25, 0.3) is 0 Å². The zero-order valence-electron chi connectivity index (χ0n) is 12.3. The van der Waals surface area contributed by atoms with Gasteiger partial charge in [0.15, 0.2) is 0 Å². The van der Waals surface area contributed by atoms with Crippen molar-refractivity contribution in [2.24, 2.45) is 29.6 Å². The topological polar surface area (TPSA) is 63.6 Å². The molecule has 19 heavy (non-hydrogen) atoms. The second kappa shape index (κ2) is 6.22. The Hall–Kier alpha value is -1.32. The molecule has 0 amide bonds. The molecule has 0 aliphatic heterocycles. The van der Waals surface area contributed by atoms with E-state index in [2.05, 4.69) is 6.92 Å². The summed E-state index contributed by atoms with van der Waals surface area (Å²) in [6, 6.07) is 0. The fraction of sp³-hybridized carbons (Fsp3) is 0.733. The Labute approximate surface area is 114 Å². The molecule has 1 aliphatic carbocycles. The molecule has 0 heterocycles. The lowest BCUT2D eigenvalue weighted by molar-refractivity contribution is -0.163. The fourth-order valence-electron chi connectivity index (χ4n) is 3.17. The summed E-state index contributed by atoms with van der Waals surface area (Å²) >= 11 is 0. The number of hydrogen-bond donors (Lipinski definition) is 1. The van der Waals surface area contributed by atoms with Crippen molar-refractivity contribution < 1.29 is 19.4 Å². The van der Waals surface area contributed by atoms with Crippen LogP contribution in [-0.4, -0.2) is 24.2 Å². The number of allylic oxidation sites excluding steroid dienone is 2. The lowest BCUT2D eigenvalue weighted by Gasteiger charge is -2.41. The van der Waals surface area contributed by atoms with E-state index in [-0.39, 0.29) is 17.8 Å². The molecule has 1 aliphatic rings. The second-order valence-corrected chi connectivity index (χ2v) is 5.89. The average molecular weight is 268 g/mol. The highest BCUT2D eigenvalue weighted by Crippen LogP contribution is 2.43. The highest BCUT2D eigenvalue weighted by molar-refractivity contribution is 5.82. The van der Waals surface area contributed by atoms with E-state index < -0.39 is 23.8 Å². The molecule has 4 heteroatoms. The van der Waals surface area contributed by atoms with E-state index >= 15 is 0 Å². The third kappa shape index (κ3) is 3.37. The largest absolute Gasteiger partial charge is 0.481 e. The SMILES string of the molecule is COC(=O)C1C(C=C(C)C)CC(C)C(C)C1C(=O)O. The number of carbonyl (C=O) groups excluding carboxylic acids is 1. The number of methoxy groups -OCH3 is 1. The molecule has 4 nitrogen and oxygen atoms in total. The van der Waals surface area contributed by atoms with Crippen molar-refractivity contribution in [3.05, 3.63) is 11.6 Å². The molecule has 0 aromatic rings. The lowest BCUT2D eigenvalue weighted by Crippen LogP contribution is -2.45. The first-order valence-electron chi connectivity index (χ1n) is 6.75. The van der Waals surface area contributed by atoms with E-state index in [1.807, 2.05) is 26.8 Å². The van der Waals surface area contributed by atoms with Gasteiger partial charge in [-0.2, -0.15) is 0 Å². The maximum absolute atomic E-state index is 12.0. The van der Waals surface area contributed by atoms with Crippen LogP contribution in [0.2, 0.25) is 0 Å². The van der Waals surface area contributed by atoms with E-state index in [1.54, 1.807) is 0 Å². The third-order valence-corrected chi connectivity index (χ3v) is 4.26. The van der Waals surface area contributed by atoms with Gasteiger partial charge in [-0.3, -0.25) is 9.59 Å². The summed E-state index contributed by atoms with van der Waals surface area (Å²) in [7, 11) is 1.32. The molecule has 1 rings (SSSR count). The first-order chi connectivity index (χ1) is 8.79. The van der Waals surface area contributed by atoms with Crippen LogP contribution >= 0.6 is 0 Å². The van der Waals surface area contributed by atoms with Crippen molar-refractivity contribution >= 4 is 11.9 Å². The highest BCUT2D eigenvalue weighted by Gasteiger charge is 2.48. The first-order valence-corrected chi connectivity index (χ1v) is 6.75. The third-order valence-electron chi connectivity index (χ3n) is 4.26. The summed E-state index contributed by atoms with van der Waals surface area (Å²) in [5.74, 6) is -2.36. The molecule has 0 saturated heterocycles. The minimum absolute atomic E-state index is 0.0246. The van der Waals surface area contributed by atoms with Crippen LogP contribution in [0.1, 0.15) is 34.1 Å². The quantitative estimate of drug-likeness (QED) is 0.631. The first kappa shape index (κ1) is 15.7. The van der Waals surface area contributed by atoms with Crippen molar-refractivity contribution in [1.82, 2.24) is 0 Å². The van der Waals surface area contributed by atoms with Gasteiger partial charge in [0.1, 0.15) is 0 Å². The Bertz CT molecular complexity index is 382. The number of ether oxygens (including phenoxy) is 1. The zero-order valence-corrected chi connectivity index (χ0v) is 12.3. The second-order valence-electron chi connectivity index (χ2n) is 5.89. The zero-order chi connectivity index (χ0) is 14.7. The van der Waals surface area contributed by atoms with E-state index in [0.717, 1.165) is 12.0 Å². The molecule has 5 unspecified atom stereocenters. The van der Waals surface area contributed by atoms with Gasteiger partial charge >= 0.3 is 11.9 Å². The van der Waals surface area contributed by atoms with Gasteiger partial charge in [0.25, 0.3) is 0 Å². The minimum atomic E-state index is -0.901. The number of hydrogen-bond acceptors (Lipinski definition) is 3. The van der Waals surface area contributed by atoms with E-state index in [0.29, 0.717) is 0 Å². The van der Waals surface area contributed by atoms with E-state index in [1.165, 1.54) is 7.11 Å². The number of carbonyl (C=O) groups is 2. The van der Waals surface area contributed by atoms with E-state index in [4.69, 9.17) is 4.74 Å². The van der Waals surface area contributed by atoms with Gasteiger partial charge in [-0.1, -0.05) is 25.5 Å². The normalized spacial score (nSPS) is 34.5. The van der Waals surface area contributed by atoms with Crippen molar-refractivity contribution in [1.29, 1.82) is 0 Å². The molecule has 108 valence electrons. The predicted molar refractivity (Wildman–Crippen MR) is 72.5 cm³/mol. The molecule has 0 bridgehead atoms. The Balaban J connectivity index is 3.19. The van der Waals surface area contributed by atoms with Crippen molar-refractivity contribution in [2.45, 2.75) is 34.1 Å². The van der Waals surface area contributed by atoms with Crippen LogP contribution in [-0.2, 0) is 14.3 Å². The van der Waals surface area contributed by atoms with Crippen LogP contribution in [0.4, 0.5) is 0 Å². The molecule has 0 radical (unpaired) electrons. The van der Waals surface area contributed by atoms with Gasteiger partial charge in [-0.05, 0) is 38.0 Å². The van der Waals surface area contributed by atoms with Gasteiger partial charge < -0.3 is 9.84 Å². The van der Waals surface area contributed by atoms with Crippen LogP contribution in [0.5, 0.6) is 0 Å². The molecule has 5 atom stereocenters. The van der Waals surface area contributed by atoms with Crippen molar-refractivity contribution in [3.63, 3.8) is 0 Å². The summed E-state index contributed by atoms with van der Waals surface area (Å²) in [5, 5.41) is 9.46. The number of esters is 1. The number of aliphatic carboxylic acids is 1. The summed E-state index contributed by atoms with van der Waals surface area (Å²) < 4.78 is 4.83. The molecular formula is C15H24O4. The number of rotatable bonds is 3. The molecular weight excluding hydrogens is 244 g/mol. The van der Waals surface area contributed by atoms with Gasteiger partial charge in [-0.15, -0.1) is 0 Å².